The molecule has 0 saturated carbocycles. The van der Waals surface area contributed by atoms with Gasteiger partial charge < -0.3 is 14.1 Å². The van der Waals surface area contributed by atoms with Crippen molar-refractivity contribution in [2.75, 3.05) is 13.2 Å². The van der Waals surface area contributed by atoms with Crippen LogP contribution in [0.25, 0.3) is 0 Å². The molecular weight excluding hydrogens is 254 g/mol. The molecule has 1 aliphatic rings. The molecule has 2 atom stereocenters. The number of amides is 1. The van der Waals surface area contributed by atoms with Gasteiger partial charge in [0, 0.05) is 13.2 Å². The minimum atomic E-state index is -0.527. The SMILES string of the molecule is CC(Cl)C(=O)N(Cc1ccco1)CC1CCCO1. The summed E-state index contributed by atoms with van der Waals surface area (Å²) in [5.74, 6) is 0.683. The minimum absolute atomic E-state index is 0.0800. The van der Waals surface area contributed by atoms with Crippen molar-refractivity contribution < 1.29 is 13.9 Å². The van der Waals surface area contributed by atoms with E-state index in [4.69, 9.17) is 20.8 Å². The van der Waals surface area contributed by atoms with E-state index < -0.39 is 5.38 Å². The molecule has 2 unspecified atom stereocenters. The van der Waals surface area contributed by atoms with Gasteiger partial charge in [0.05, 0.1) is 18.9 Å². The van der Waals surface area contributed by atoms with Gasteiger partial charge >= 0.3 is 0 Å². The Balaban J connectivity index is 1.99. The van der Waals surface area contributed by atoms with Gasteiger partial charge in [-0.25, -0.2) is 0 Å². The van der Waals surface area contributed by atoms with Gasteiger partial charge in [-0.2, -0.15) is 0 Å². The monoisotopic (exact) mass is 271 g/mol. The van der Waals surface area contributed by atoms with Crippen LogP contribution < -0.4 is 0 Å². The van der Waals surface area contributed by atoms with Crippen molar-refractivity contribution in [2.24, 2.45) is 0 Å². The van der Waals surface area contributed by atoms with E-state index >= 15 is 0 Å². The molecule has 1 aromatic rings. The highest BCUT2D eigenvalue weighted by Gasteiger charge is 2.25. The number of alkyl halides is 1. The normalized spacial score (nSPS) is 20.9. The Morgan fingerprint density at radius 2 is 2.50 bits per heavy atom. The van der Waals surface area contributed by atoms with Crippen molar-refractivity contribution in [1.82, 2.24) is 4.90 Å². The summed E-state index contributed by atoms with van der Waals surface area (Å²) in [7, 11) is 0. The third kappa shape index (κ3) is 3.50. The number of hydrogen-bond donors (Lipinski definition) is 0. The molecule has 2 rings (SSSR count). The van der Waals surface area contributed by atoms with Gasteiger partial charge in [0.1, 0.15) is 11.1 Å². The highest BCUT2D eigenvalue weighted by atomic mass is 35.5. The van der Waals surface area contributed by atoms with Crippen LogP contribution in [0.3, 0.4) is 0 Å². The van der Waals surface area contributed by atoms with Crippen molar-refractivity contribution in [2.45, 2.75) is 37.8 Å². The fourth-order valence-electron chi connectivity index (χ4n) is 2.11. The molecule has 1 amide bonds. The fraction of sp³-hybridized carbons (Fsp3) is 0.615. The smallest absolute Gasteiger partial charge is 0.240 e. The molecule has 0 spiro atoms. The van der Waals surface area contributed by atoms with Gasteiger partial charge in [0.25, 0.3) is 0 Å². The molecule has 0 bridgehead atoms. The van der Waals surface area contributed by atoms with E-state index in [1.54, 1.807) is 18.1 Å². The lowest BCUT2D eigenvalue weighted by Gasteiger charge is -2.25. The predicted molar refractivity (Wildman–Crippen MR) is 68.4 cm³/mol. The number of hydrogen-bond acceptors (Lipinski definition) is 3. The Labute approximate surface area is 112 Å². The highest BCUT2D eigenvalue weighted by molar-refractivity contribution is 6.30. The molecule has 18 heavy (non-hydrogen) atoms. The van der Waals surface area contributed by atoms with Gasteiger partial charge in [0.15, 0.2) is 0 Å². The molecule has 4 nitrogen and oxygen atoms in total. The number of rotatable bonds is 5. The fourth-order valence-corrected chi connectivity index (χ4v) is 2.25. The van der Waals surface area contributed by atoms with E-state index in [0.717, 1.165) is 25.2 Å². The molecular formula is C13H18ClNO3. The molecule has 1 aliphatic heterocycles. The summed E-state index contributed by atoms with van der Waals surface area (Å²) in [5, 5.41) is -0.527. The van der Waals surface area contributed by atoms with E-state index in [1.807, 2.05) is 12.1 Å². The van der Waals surface area contributed by atoms with E-state index in [9.17, 15) is 4.79 Å². The number of furan rings is 1. The predicted octanol–water partition coefficient (Wildman–Crippen LogP) is 2.41. The summed E-state index contributed by atoms with van der Waals surface area (Å²) >= 11 is 5.89. The lowest BCUT2D eigenvalue weighted by Crippen LogP contribution is -2.40. The first-order chi connectivity index (χ1) is 8.66. The quantitative estimate of drug-likeness (QED) is 0.773. The molecule has 5 heteroatoms. The summed E-state index contributed by atoms with van der Waals surface area (Å²) in [6.07, 6.45) is 3.79. The van der Waals surface area contributed by atoms with Gasteiger partial charge in [-0.1, -0.05) is 0 Å². The summed E-state index contributed by atoms with van der Waals surface area (Å²) in [6.45, 7) is 3.50. The maximum atomic E-state index is 12.1. The van der Waals surface area contributed by atoms with Crippen LogP contribution >= 0.6 is 11.6 Å². The Kier molecular flexibility index (Phi) is 4.66. The molecule has 1 saturated heterocycles. The number of carbonyl (C=O) groups excluding carboxylic acids is 1. The van der Waals surface area contributed by atoms with Crippen molar-refractivity contribution in [3.63, 3.8) is 0 Å². The van der Waals surface area contributed by atoms with E-state index in [1.165, 1.54) is 0 Å². The van der Waals surface area contributed by atoms with Crippen LogP contribution in [0.1, 0.15) is 25.5 Å². The second-order valence-electron chi connectivity index (χ2n) is 4.55. The van der Waals surface area contributed by atoms with Crippen LogP contribution in [-0.2, 0) is 16.1 Å². The average molecular weight is 272 g/mol. The lowest BCUT2D eigenvalue weighted by atomic mass is 10.2. The standard InChI is InChI=1S/C13H18ClNO3/c1-10(14)13(16)15(8-11-4-2-6-17-11)9-12-5-3-7-18-12/h2,4,6,10,12H,3,5,7-9H2,1H3. The number of ether oxygens (including phenoxy) is 1. The first kappa shape index (κ1) is 13.4. The molecule has 0 aliphatic carbocycles. The second kappa shape index (κ2) is 6.25. The highest BCUT2D eigenvalue weighted by Crippen LogP contribution is 2.17. The molecule has 1 fully saturated rings. The van der Waals surface area contributed by atoms with Gasteiger partial charge in [0.2, 0.25) is 5.91 Å². The Hall–Kier alpha value is -1.00. The van der Waals surface area contributed by atoms with Crippen molar-refractivity contribution in [3.05, 3.63) is 24.2 Å². The molecule has 0 radical (unpaired) electrons. The van der Waals surface area contributed by atoms with E-state index in [0.29, 0.717) is 13.1 Å². The van der Waals surface area contributed by atoms with Crippen LogP contribution in [-0.4, -0.2) is 35.4 Å². The van der Waals surface area contributed by atoms with Crippen molar-refractivity contribution in [3.8, 4) is 0 Å². The largest absolute Gasteiger partial charge is 0.467 e. The summed E-state index contributed by atoms with van der Waals surface area (Å²) in [6, 6.07) is 3.67. The third-order valence-corrected chi connectivity index (χ3v) is 3.21. The van der Waals surface area contributed by atoms with Gasteiger partial charge in [-0.05, 0) is 31.9 Å². The zero-order valence-corrected chi connectivity index (χ0v) is 11.2. The summed E-state index contributed by atoms with van der Waals surface area (Å²) in [5.41, 5.74) is 0. The summed E-state index contributed by atoms with van der Waals surface area (Å²) < 4.78 is 10.8. The second-order valence-corrected chi connectivity index (χ2v) is 5.20. The maximum Gasteiger partial charge on any atom is 0.240 e. The minimum Gasteiger partial charge on any atom is -0.467 e. The Morgan fingerprint density at radius 3 is 3.06 bits per heavy atom. The van der Waals surface area contributed by atoms with Crippen LogP contribution in [0, 0.1) is 0 Å². The lowest BCUT2D eigenvalue weighted by molar-refractivity contribution is -0.133. The van der Waals surface area contributed by atoms with Crippen molar-refractivity contribution in [1.29, 1.82) is 0 Å². The molecule has 0 aromatic carbocycles. The first-order valence-corrected chi connectivity index (χ1v) is 6.67. The van der Waals surface area contributed by atoms with Crippen LogP contribution in [0.2, 0.25) is 0 Å². The van der Waals surface area contributed by atoms with E-state index in [2.05, 4.69) is 0 Å². The maximum absolute atomic E-state index is 12.1. The van der Waals surface area contributed by atoms with E-state index in [-0.39, 0.29) is 12.0 Å². The van der Waals surface area contributed by atoms with Gasteiger partial charge in [-0.15, -0.1) is 11.6 Å². The molecule has 1 aromatic heterocycles. The molecule has 100 valence electrons. The van der Waals surface area contributed by atoms with Crippen LogP contribution in [0.15, 0.2) is 22.8 Å². The Morgan fingerprint density at radius 1 is 1.67 bits per heavy atom. The number of nitrogens with zero attached hydrogens (tertiary/aromatic N) is 1. The van der Waals surface area contributed by atoms with Crippen molar-refractivity contribution >= 4 is 17.5 Å². The third-order valence-electron chi connectivity index (χ3n) is 3.03. The Bertz CT molecular complexity index is 372. The molecule has 2 heterocycles. The zero-order valence-electron chi connectivity index (χ0n) is 10.5. The first-order valence-electron chi connectivity index (χ1n) is 6.23. The molecule has 0 N–H and O–H groups in total. The van der Waals surface area contributed by atoms with Crippen LogP contribution in [0.4, 0.5) is 0 Å². The number of carbonyl (C=O) groups is 1. The average Bonchev–Trinajstić information content (AvgIpc) is 2.99. The topological polar surface area (TPSA) is 42.7 Å². The number of halogens is 1. The van der Waals surface area contributed by atoms with Gasteiger partial charge in [-0.3, -0.25) is 4.79 Å². The zero-order chi connectivity index (χ0) is 13.0. The summed E-state index contributed by atoms with van der Waals surface area (Å²) in [4.78, 5) is 13.8. The van der Waals surface area contributed by atoms with Crippen LogP contribution in [0.5, 0.6) is 0 Å².